The quantitative estimate of drug-likeness (QED) is 0.653. The molecule has 18 heavy (non-hydrogen) atoms. The Morgan fingerprint density at radius 2 is 2.11 bits per heavy atom. The minimum absolute atomic E-state index is 0.368. The molecule has 0 radical (unpaired) electrons. The number of rotatable bonds is 8. The van der Waals surface area contributed by atoms with E-state index >= 15 is 0 Å². The van der Waals surface area contributed by atoms with Gasteiger partial charge in [0, 0.05) is 19.2 Å². The van der Waals surface area contributed by atoms with Gasteiger partial charge in [-0.25, -0.2) is 0 Å². The summed E-state index contributed by atoms with van der Waals surface area (Å²) in [6.07, 6.45) is 6.67. The maximum atomic E-state index is 9.71. The van der Waals surface area contributed by atoms with Crippen LogP contribution in [0.15, 0.2) is 0 Å². The normalized spacial score (nSPS) is 32.3. The molecule has 2 N–H and O–H groups in total. The summed E-state index contributed by atoms with van der Waals surface area (Å²) >= 11 is 0. The lowest BCUT2D eigenvalue weighted by Crippen LogP contribution is -2.34. The molecule has 2 rings (SSSR count). The Morgan fingerprint density at radius 3 is 2.72 bits per heavy atom. The second kappa shape index (κ2) is 6.88. The van der Waals surface area contributed by atoms with E-state index in [0.29, 0.717) is 19.2 Å². The van der Waals surface area contributed by atoms with Crippen LogP contribution in [0.25, 0.3) is 0 Å². The molecule has 0 aromatic carbocycles. The highest BCUT2D eigenvalue weighted by molar-refractivity contribution is 4.89. The molecule has 0 aromatic rings. The Bertz CT molecular complexity index is 245. The Morgan fingerprint density at radius 1 is 1.28 bits per heavy atom. The van der Waals surface area contributed by atoms with Gasteiger partial charge in [-0.15, -0.1) is 0 Å². The highest BCUT2D eigenvalue weighted by atomic mass is 16.5. The minimum Gasteiger partial charge on any atom is -0.389 e. The number of nitrogens with one attached hydrogen (secondary N) is 1. The van der Waals surface area contributed by atoms with Crippen molar-refractivity contribution in [2.24, 2.45) is 17.8 Å². The van der Waals surface area contributed by atoms with Gasteiger partial charge in [-0.2, -0.15) is 0 Å². The second-order valence-electron chi connectivity index (χ2n) is 6.52. The summed E-state index contributed by atoms with van der Waals surface area (Å²) in [6, 6.07) is 0.425. The Labute approximate surface area is 111 Å². The summed E-state index contributed by atoms with van der Waals surface area (Å²) in [5.74, 6) is 2.93. The molecule has 0 saturated heterocycles. The first-order valence-corrected chi connectivity index (χ1v) is 7.64. The molecule has 3 nitrogen and oxygen atoms in total. The van der Waals surface area contributed by atoms with Crippen molar-refractivity contribution in [3.8, 4) is 0 Å². The van der Waals surface area contributed by atoms with Gasteiger partial charge in [-0.3, -0.25) is 0 Å². The maximum absolute atomic E-state index is 9.71. The van der Waals surface area contributed by atoms with Gasteiger partial charge >= 0.3 is 0 Å². The number of aliphatic hydroxyl groups is 1. The molecule has 0 spiro atoms. The fourth-order valence-corrected chi connectivity index (χ4v) is 3.61. The topological polar surface area (TPSA) is 41.5 Å². The maximum Gasteiger partial charge on any atom is 0.0897 e. The van der Waals surface area contributed by atoms with E-state index in [1.807, 2.05) is 0 Å². The molecule has 2 aliphatic carbocycles. The van der Waals surface area contributed by atoms with E-state index in [4.69, 9.17) is 4.74 Å². The molecule has 4 atom stereocenters. The first-order valence-electron chi connectivity index (χ1n) is 7.64. The second-order valence-corrected chi connectivity index (χ2v) is 6.52. The molecule has 3 heteroatoms. The summed E-state index contributed by atoms with van der Waals surface area (Å²) < 4.78 is 5.61. The van der Waals surface area contributed by atoms with Gasteiger partial charge in [-0.05, 0) is 43.4 Å². The van der Waals surface area contributed by atoms with Gasteiger partial charge in [0.1, 0.15) is 0 Å². The highest BCUT2D eigenvalue weighted by Gasteiger charge is 2.38. The Kier molecular flexibility index (Phi) is 5.46. The first kappa shape index (κ1) is 14.3. The molecule has 2 bridgehead atoms. The monoisotopic (exact) mass is 255 g/mol. The molecular weight excluding hydrogens is 226 g/mol. The zero-order chi connectivity index (χ0) is 13.0. The number of fused-ring (bicyclic) bond motifs is 2. The molecule has 106 valence electrons. The Balaban J connectivity index is 1.48. The van der Waals surface area contributed by atoms with Crippen molar-refractivity contribution in [1.82, 2.24) is 5.32 Å². The van der Waals surface area contributed by atoms with Crippen LogP contribution < -0.4 is 5.32 Å². The number of aliphatic hydroxyl groups excluding tert-OH is 1. The zero-order valence-electron chi connectivity index (χ0n) is 11.9. The van der Waals surface area contributed by atoms with E-state index in [-0.39, 0.29) is 6.10 Å². The number of ether oxygens (including phenoxy) is 1. The van der Waals surface area contributed by atoms with Gasteiger partial charge in [0.2, 0.25) is 0 Å². The molecule has 2 fully saturated rings. The first-order chi connectivity index (χ1) is 8.65. The van der Waals surface area contributed by atoms with Crippen LogP contribution in [0.3, 0.4) is 0 Å². The molecule has 2 aliphatic rings. The third-order valence-electron chi connectivity index (χ3n) is 4.59. The highest BCUT2D eigenvalue weighted by Crippen LogP contribution is 2.49. The minimum atomic E-state index is -0.368. The number of hydrogen-bond acceptors (Lipinski definition) is 3. The van der Waals surface area contributed by atoms with Crippen molar-refractivity contribution in [2.75, 3.05) is 19.8 Å². The molecule has 0 aliphatic heterocycles. The van der Waals surface area contributed by atoms with Crippen molar-refractivity contribution < 1.29 is 9.84 Å². The SMILES string of the molecule is CC(C)NC[C@@H](O)COCC[C@@H]1C[C@H]2CC[C@H]1C2. The van der Waals surface area contributed by atoms with Crippen LogP contribution in [-0.2, 0) is 4.74 Å². The fourth-order valence-electron chi connectivity index (χ4n) is 3.61. The van der Waals surface area contributed by atoms with Gasteiger partial charge in [-0.1, -0.05) is 20.3 Å². The zero-order valence-corrected chi connectivity index (χ0v) is 11.9. The average Bonchev–Trinajstić information content (AvgIpc) is 2.94. The summed E-state index contributed by atoms with van der Waals surface area (Å²) in [7, 11) is 0. The van der Waals surface area contributed by atoms with E-state index in [0.717, 1.165) is 24.4 Å². The van der Waals surface area contributed by atoms with Gasteiger partial charge in [0.25, 0.3) is 0 Å². The van der Waals surface area contributed by atoms with Crippen LogP contribution in [0.2, 0.25) is 0 Å². The van der Waals surface area contributed by atoms with Gasteiger partial charge < -0.3 is 15.2 Å². The standard InChI is InChI=1S/C15H29NO2/c1-11(2)16-9-15(17)10-18-6-5-14-8-12-3-4-13(14)7-12/h11-17H,3-10H2,1-2H3/t12-,13-,14+,15+/m0/s1. The lowest BCUT2D eigenvalue weighted by atomic mass is 9.87. The van der Waals surface area contributed by atoms with E-state index in [1.54, 1.807) is 0 Å². The van der Waals surface area contributed by atoms with Crippen molar-refractivity contribution in [1.29, 1.82) is 0 Å². The van der Waals surface area contributed by atoms with Gasteiger partial charge in [0.15, 0.2) is 0 Å². The lowest BCUT2D eigenvalue weighted by molar-refractivity contribution is 0.0283. The molecule has 2 saturated carbocycles. The molecule has 0 unspecified atom stereocenters. The van der Waals surface area contributed by atoms with Crippen molar-refractivity contribution in [3.63, 3.8) is 0 Å². The molecule has 0 aromatic heterocycles. The van der Waals surface area contributed by atoms with E-state index < -0.39 is 0 Å². The summed E-state index contributed by atoms with van der Waals surface area (Å²) in [5, 5.41) is 12.9. The Hall–Kier alpha value is -0.120. The van der Waals surface area contributed by atoms with Gasteiger partial charge in [0.05, 0.1) is 12.7 Å². The molecular formula is C15H29NO2. The largest absolute Gasteiger partial charge is 0.389 e. The molecule has 0 heterocycles. The van der Waals surface area contributed by atoms with Crippen molar-refractivity contribution >= 4 is 0 Å². The third-order valence-corrected chi connectivity index (χ3v) is 4.59. The summed E-state index contributed by atoms with van der Waals surface area (Å²) in [4.78, 5) is 0. The van der Waals surface area contributed by atoms with E-state index in [1.165, 1.54) is 32.1 Å². The third kappa shape index (κ3) is 4.22. The predicted octanol–water partition coefficient (Wildman–Crippen LogP) is 2.19. The van der Waals surface area contributed by atoms with Crippen LogP contribution in [-0.4, -0.2) is 37.0 Å². The average molecular weight is 255 g/mol. The smallest absolute Gasteiger partial charge is 0.0897 e. The van der Waals surface area contributed by atoms with Crippen LogP contribution in [0, 0.1) is 17.8 Å². The van der Waals surface area contributed by atoms with Crippen LogP contribution >= 0.6 is 0 Å². The van der Waals surface area contributed by atoms with Crippen LogP contribution in [0.5, 0.6) is 0 Å². The fraction of sp³-hybridized carbons (Fsp3) is 1.00. The predicted molar refractivity (Wildman–Crippen MR) is 73.5 cm³/mol. The molecule has 0 amide bonds. The van der Waals surface area contributed by atoms with Crippen molar-refractivity contribution in [3.05, 3.63) is 0 Å². The number of hydrogen-bond donors (Lipinski definition) is 2. The van der Waals surface area contributed by atoms with E-state index in [9.17, 15) is 5.11 Å². The van der Waals surface area contributed by atoms with Crippen LogP contribution in [0.1, 0.15) is 46.0 Å². The van der Waals surface area contributed by atoms with Crippen molar-refractivity contribution in [2.45, 2.75) is 58.1 Å². The summed E-state index contributed by atoms with van der Waals surface area (Å²) in [5.41, 5.74) is 0. The lowest BCUT2D eigenvalue weighted by Gasteiger charge is -2.21. The van der Waals surface area contributed by atoms with Crippen LogP contribution in [0.4, 0.5) is 0 Å². The summed E-state index contributed by atoms with van der Waals surface area (Å²) in [6.45, 7) is 6.10. The van der Waals surface area contributed by atoms with E-state index in [2.05, 4.69) is 19.2 Å².